The van der Waals surface area contributed by atoms with Crippen molar-refractivity contribution in [1.82, 2.24) is 4.90 Å². The van der Waals surface area contributed by atoms with E-state index in [0.717, 1.165) is 31.7 Å². The third kappa shape index (κ3) is 2.98. The highest BCUT2D eigenvalue weighted by molar-refractivity contribution is 5.99. The summed E-state index contributed by atoms with van der Waals surface area (Å²) in [6.07, 6.45) is 1.06. The molecule has 1 aromatic carbocycles. The summed E-state index contributed by atoms with van der Waals surface area (Å²) in [5.74, 6) is -0.403. The van der Waals surface area contributed by atoms with Gasteiger partial charge in [0, 0.05) is 24.8 Å². The first-order valence-electron chi connectivity index (χ1n) is 6.63. The number of anilines is 2. The van der Waals surface area contributed by atoms with E-state index in [1.165, 1.54) is 0 Å². The molecule has 1 aliphatic rings. The average molecular weight is 262 g/mol. The lowest BCUT2D eigenvalue weighted by atomic mass is 10.1. The van der Waals surface area contributed by atoms with Gasteiger partial charge in [0.15, 0.2) is 0 Å². The molecule has 1 aliphatic heterocycles. The third-order valence-corrected chi connectivity index (χ3v) is 3.64. The van der Waals surface area contributed by atoms with Crippen molar-refractivity contribution in [3.63, 3.8) is 0 Å². The molecule has 1 unspecified atom stereocenters. The molecule has 0 saturated carbocycles. The number of nitrogen functional groups attached to an aromatic ring is 1. The fourth-order valence-corrected chi connectivity index (χ4v) is 2.72. The van der Waals surface area contributed by atoms with Crippen LogP contribution in [0.25, 0.3) is 0 Å². The highest BCUT2D eigenvalue weighted by atomic mass is 16.1. The van der Waals surface area contributed by atoms with Crippen LogP contribution in [0.4, 0.5) is 11.4 Å². The summed E-state index contributed by atoms with van der Waals surface area (Å²) in [6, 6.07) is 5.61. The monoisotopic (exact) mass is 262 g/mol. The number of hydrogen-bond donors (Lipinski definition) is 2. The summed E-state index contributed by atoms with van der Waals surface area (Å²) >= 11 is 0. The van der Waals surface area contributed by atoms with Gasteiger partial charge < -0.3 is 21.3 Å². The molecule has 5 nitrogen and oxygen atoms in total. The molecule has 1 atom stereocenters. The number of hydrogen-bond acceptors (Lipinski definition) is 4. The van der Waals surface area contributed by atoms with E-state index in [0.29, 0.717) is 17.3 Å². The van der Waals surface area contributed by atoms with Gasteiger partial charge in [-0.15, -0.1) is 0 Å². The van der Waals surface area contributed by atoms with E-state index in [1.807, 2.05) is 6.07 Å². The quantitative estimate of drug-likeness (QED) is 0.776. The van der Waals surface area contributed by atoms with Crippen molar-refractivity contribution in [2.75, 3.05) is 37.3 Å². The maximum Gasteiger partial charge on any atom is 0.250 e. The van der Waals surface area contributed by atoms with Crippen molar-refractivity contribution in [2.45, 2.75) is 19.4 Å². The number of amides is 1. The van der Waals surface area contributed by atoms with Gasteiger partial charge in [0.05, 0.1) is 11.3 Å². The van der Waals surface area contributed by atoms with Crippen LogP contribution in [-0.2, 0) is 0 Å². The predicted octanol–water partition coefficient (Wildman–Crippen LogP) is 0.898. The van der Waals surface area contributed by atoms with Gasteiger partial charge in [0.2, 0.25) is 0 Å². The first-order valence-corrected chi connectivity index (χ1v) is 6.63. The van der Waals surface area contributed by atoms with Crippen LogP contribution in [0.15, 0.2) is 18.2 Å². The van der Waals surface area contributed by atoms with Crippen LogP contribution in [-0.4, -0.2) is 43.5 Å². The molecule has 1 amide bonds. The fourth-order valence-electron chi connectivity index (χ4n) is 2.72. The van der Waals surface area contributed by atoms with Crippen LogP contribution in [0, 0.1) is 0 Å². The second kappa shape index (κ2) is 5.48. The maximum atomic E-state index is 11.6. The normalized spacial score (nSPS) is 21.2. The van der Waals surface area contributed by atoms with E-state index < -0.39 is 5.91 Å². The number of benzene rings is 1. The van der Waals surface area contributed by atoms with Gasteiger partial charge in [-0.2, -0.15) is 0 Å². The number of carbonyl (C=O) groups is 1. The van der Waals surface area contributed by atoms with Crippen LogP contribution < -0.4 is 16.4 Å². The Labute approximate surface area is 114 Å². The Morgan fingerprint density at radius 3 is 2.79 bits per heavy atom. The summed E-state index contributed by atoms with van der Waals surface area (Å²) in [5, 5.41) is 0. The zero-order valence-electron chi connectivity index (χ0n) is 11.6. The van der Waals surface area contributed by atoms with E-state index in [1.54, 1.807) is 12.1 Å². The van der Waals surface area contributed by atoms with Crippen LogP contribution in [0.1, 0.15) is 23.7 Å². The van der Waals surface area contributed by atoms with Gasteiger partial charge in [-0.25, -0.2) is 0 Å². The Bertz CT molecular complexity index is 475. The van der Waals surface area contributed by atoms with E-state index in [4.69, 9.17) is 11.5 Å². The van der Waals surface area contributed by atoms with Crippen molar-refractivity contribution in [3.05, 3.63) is 23.8 Å². The number of nitrogens with two attached hydrogens (primary N) is 2. The highest BCUT2D eigenvalue weighted by Crippen LogP contribution is 2.26. The summed E-state index contributed by atoms with van der Waals surface area (Å²) in [6.45, 7) is 5.10. The highest BCUT2D eigenvalue weighted by Gasteiger charge is 2.23. The summed E-state index contributed by atoms with van der Waals surface area (Å²) in [4.78, 5) is 16.1. The largest absolute Gasteiger partial charge is 0.399 e. The molecule has 1 aromatic rings. The first kappa shape index (κ1) is 13.7. The van der Waals surface area contributed by atoms with Gasteiger partial charge in [-0.1, -0.05) is 0 Å². The van der Waals surface area contributed by atoms with E-state index >= 15 is 0 Å². The van der Waals surface area contributed by atoms with Gasteiger partial charge in [-0.3, -0.25) is 4.79 Å². The second-order valence-corrected chi connectivity index (χ2v) is 5.30. The zero-order valence-corrected chi connectivity index (χ0v) is 11.6. The molecule has 2 rings (SSSR count). The molecule has 1 saturated heterocycles. The lowest BCUT2D eigenvalue weighted by molar-refractivity contribution is 0.100. The summed E-state index contributed by atoms with van der Waals surface area (Å²) in [7, 11) is 2.12. The molecule has 5 heteroatoms. The Morgan fingerprint density at radius 1 is 1.37 bits per heavy atom. The smallest absolute Gasteiger partial charge is 0.250 e. The minimum Gasteiger partial charge on any atom is -0.399 e. The molecular formula is C14H22N4O. The van der Waals surface area contributed by atoms with Crippen molar-refractivity contribution in [3.8, 4) is 0 Å². The Morgan fingerprint density at radius 2 is 2.11 bits per heavy atom. The molecule has 4 N–H and O–H groups in total. The lowest BCUT2D eigenvalue weighted by Gasteiger charge is -2.31. The lowest BCUT2D eigenvalue weighted by Crippen LogP contribution is -2.39. The number of carbonyl (C=O) groups excluding carboxylic acids is 1. The SMILES string of the molecule is CC1CN(C)CCCN1c1cc(N)ccc1C(N)=O. The second-order valence-electron chi connectivity index (χ2n) is 5.30. The first-order chi connectivity index (χ1) is 8.99. The van der Waals surface area contributed by atoms with E-state index in [9.17, 15) is 4.79 Å². The standard InChI is InChI=1S/C14H22N4O/c1-10-9-17(2)6-3-7-18(10)13-8-11(15)4-5-12(13)14(16)19/h4-5,8,10H,3,6-7,9,15H2,1-2H3,(H2,16,19). The number of likely N-dealkylation sites (N-methyl/N-ethyl adjacent to an activating group) is 1. The van der Waals surface area contributed by atoms with Crippen LogP contribution in [0.2, 0.25) is 0 Å². The average Bonchev–Trinajstić information content (AvgIpc) is 2.49. The number of rotatable bonds is 2. The van der Waals surface area contributed by atoms with Crippen molar-refractivity contribution >= 4 is 17.3 Å². The zero-order chi connectivity index (χ0) is 14.0. The Kier molecular flexibility index (Phi) is 3.95. The maximum absolute atomic E-state index is 11.6. The number of primary amides is 1. The topological polar surface area (TPSA) is 75.6 Å². The van der Waals surface area contributed by atoms with E-state index in [-0.39, 0.29) is 0 Å². The van der Waals surface area contributed by atoms with Crippen molar-refractivity contribution in [1.29, 1.82) is 0 Å². The molecule has 1 fully saturated rings. The molecule has 0 radical (unpaired) electrons. The van der Waals surface area contributed by atoms with Gasteiger partial charge in [0.25, 0.3) is 5.91 Å². The van der Waals surface area contributed by atoms with Gasteiger partial charge >= 0.3 is 0 Å². The minimum atomic E-state index is -0.403. The van der Waals surface area contributed by atoms with Crippen LogP contribution in [0.3, 0.4) is 0 Å². The van der Waals surface area contributed by atoms with Crippen molar-refractivity contribution in [2.24, 2.45) is 5.73 Å². The van der Waals surface area contributed by atoms with Gasteiger partial charge in [0.1, 0.15) is 0 Å². The minimum absolute atomic E-state index is 0.326. The molecule has 0 aliphatic carbocycles. The molecule has 0 aromatic heterocycles. The Balaban J connectivity index is 2.38. The molecular weight excluding hydrogens is 240 g/mol. The van der Waals surface area contributed by atoms with Crippen LogP contribution in [0.5, 0.6) is 0 Å². The summed E-state index contributed by atoms with van der Waals surface area (Å²) in [5.41, 5.74) is 13.4. The molecule has 104 valence electrons. The number of nitrogens with zero attached hydrogens (tertiary/aromatic N) is 2. The molecule has 0 spiro atoms. The fraction of sp³-hybridized carbons (Fsp3) is 0.500. The summed E-state index contributed by atoms with van der Waals surface area (Å²) < 4.78 is 0. The third-order valence-electron chi connectivity index (χ3n) is 3.64. The molecule has 1 heterocycles. The van der Waals surface area contributed by atoms with Crippen LogP contribution >= 0.6 is 0 Å². The van der Waals surface area contributed by atoms with Gasteiger partial charge in [-0.05, 0) is 45.1 Å². The van der Waals surface area contributed by atoms with E-state index in [2.05, 4.69) is 23.8 Å². The molecule has 0 bridgehead atoms. The van der Waals surface area contributed by atoms with Crippen molar-refractivity contribution < 1.29 is 4.79 Å². The Hall–Kier alpha value is -1.75. The molecule has 19 heavy (non-hydrogen) atoms. The predicted molar refractivity (Wildman–Crippen MR) is 78.3 cm³/mol.